The topological polar surface area (TPSA) is 62.7 Å². The van der Waals surface area contributed by atoms with Crippen LogP contribution in [0.4, 0.5) is 0 Å². The van der Waals surface area contributed by atoms with Gasteiger partial charge in [0.2, 0.25) is 0 Å². The Morgan fingerprint density at radius 2 is 2.20 bits per heavy atom. The van der Waals surface area contributed by atoms with Crippen LogP contribution in [0.3, 0.4) is 0 Å². The van der Waals surface area contributed by atoms with E-state index in [0.717, 1.165) is 31.6 Å². The van der Waals surface area contributed by atoms with Gasteiger partial charge in [0.1, 0.15) is 0 Å². The molecule has 1 saturated heterocycles. The molecule has 2 heterocycles. The van der Waals surface area contributed by atoms with E-state index in [2.05, 4.69) is 16.8 Å². The van der Waals surface area contributed by atoms with Gasteiger partial charge in [-0.1, -0.05) is 6.07 Å². The van der Waals surface area contributed by atoms with Crippen molar-refractivity contribution in [2.75, 3.05) is 20.2 Å². The van der Waals surface area contributed by atoms with Crippen LogP contribution in [0.2, 0.25) is 0 Å². The van der Waals surface area contributed by atoms with Crippen LogP contribution in [-0.4, -0.2) is 41.2 Å². The molecule has 0 saturated carbocycles. The molecular weight excluding hydrogens is 256 g/mol. The molecular formula is C15H22N2O3. The third-order valence-electron chi connectivity index (χ3n) is 4.03. The number of ether oxygens (including phenoxy) is 1. The lowest BCUT2D eigenvalue weighted by atomic mass is 9.95. The number of nitrogens with zero attached hydrogens (tertiary/aromatic N) is 2. The standard InChI is InChI=1S/C15H22N2O3/c1-11(14-5-3-4-13(10-18)16-14)17-8-6-12(7-9-17)15(19)20-2/h3-5,11-12,18H,6-10H2,1-2H3/t11-/m1/s1. The minimum atomic E-state index is -0.0993. The number of carbonyl (C=O) groups excluding carboxylic acids is 1. The molecule has 0 spiro atoms. The first-order valence-corrected chi connectivity index (χ1v) is 7.04. The second-order valence-corrected chi connectivity index (χ2v) is 5.22. The Kier molecular flexibility index (Phi) is 5.09. The van der Waals surface area contributed by atoms with Crippen molar-refractivity contribution in [1.82, 2.24) is 9.88 Å². The summed E-state index contributed by atoms with van der Waals surface area (Å²) in [6, 6.07) is 5.92. The molecule has 1 atom stereocenters. The zero-order valence-electron chi connectivity index (χ0n) is 12.1. The van der Waals surface area contributed by atoms with Crippen LogP contribution in [0.25, 0.3) is 0 Å². The molecule has 5 nitrogen and oxygen atoms in total. The first-order chi connectivity index (χ1) is 9.65. The lowest BCUT2D eigenvalue weighted by Crippen LogP contribution is -2.38. The van der Waals surface area contributed by atoms with Crippen molar-refractivity contribution in [3.8, 4) is 0 Å². The van der Waals surface area contributed by atoms with Crippen molar-refractivity contribution < 1.29 is 14.6 Å². The van der Waals surface area contributed by atoms with Gasteiger partial charge in [0.25, 0.3) is 0 Å². The summed E-state index contributed by atoms with van der Waals surface area (Å²) >= 11 is 0. The Morgan fingerprint density at radius 3 is 2.80 bits per heavy atom. The maximum Gasteiger partial charge on any atom is 0.308 e. The summed E-state index contributed by atoms with van der Waals surface area (Å²) in [4.78, 5) is 18.3. The molecule has 0 bridgehead atoms. The van der Waals surface area contributed by atoms with E-state index in [0.29, 0.717) is 5.69 Å². The number of hydrogen-bond donors (Lipinski definition) is 1. The highest BCUT2D eigenvalue weighted by atomic mass is 16.5. The number of methoxy groups -OCH3 is 1. The summed E-state index contributed by atoms with van der Waals surface area (Å²) < 4.78 is 4.80. The summed E-state index contributed by atoms with van der Waals surface area (Å²) in [5.41, 5.74) is 1.66. The number of aliphatic hydroxyl groups excluding tert-OH is 1. The quantitative estimate of drug-likeness (QED) is 0.846. The highest BCUT2D eigenvalue weighted by molar-refractivity contribution is 5.72. The molecule has 1 aliphatic heterocycles. The molecule has 1 aromatic rings. The number of hydrogen-bond acceptors (Lipinski definition) is 5. The van der Waals surface area contributed by atoms with Crippen molar-refractivity contribution in [3.63, 3.8) is 0 Å². The Labute approximate surface area is 119 Å². The van der Waals surface area contributed by atoms with Crippen LogP contribution in [0.5, 0.6) is 0 Å². The molecule has 0 aromatic carbocycles. The normalized spacial score (nSPS) is 18.8. The van der Waals surface area contributed by atoms with E-state index in [1.807, 2.05) is 18.2 Å². The van der Waals surface area contributed by atoms with Crippen LogP contribution in [0, 0.1) is 5.92 Å². The fourth-order valence-electron chi connectivity index (χ4n) is 2.70. The summed E-state index contributed by atoms with van der Waals surface area (Å²) in [5.74, 6) is -0.0714. The van der Waals surface area contributed by atoms with Crippen molar-refractivity contribution in [2.24, 2.45) is 5.92 Å². The first-order valence-electron chi connectivity index (χ1n) is 7.04. The van der Waals surface area contributed by atoms with Gasteiger partial charge < -0.3 is 9.84 Å². The third-order valence-corrected chi connectivity index (χ3v) is 4.03. The lowest BCUT2D eigenvalue weighted by molar-refractivity contribution is -0.147. The second-order valence-electron chi connectivity index (χ2n) is 5.22. The maximum atomic E-state index is 11.5. The largest absolute Gasteiger partial charge is 0.469 e. The average Bonchev–Trinajstić information content (AvgIpc) is 2.53. The Bertz CT molecular complexity index is 456. The minimum Gasteiger partial charge on any atom is -0.469 e. The minimum absolute atomic E-state index is 0.0279. The van der Waals surface area contributed by atoms with Crippen LogP contribution < -0.4 is 0 Å². The molecule has 0 amide bonds. The molecule has 110 valence electrons. The number of carbonyl (C=O) groups is 1. The van der Waals surface area contributed by atoms with Crippen LogP contribution in [0.1, 0.15) is 37.2 Å². The molecule has 0 aliphatic carbocycles. The van der Waals surface area contributed by atoms with Crippen LogP contribution in [-0.2, 0) is 16.1 Å². The Balaban J connectivity index is 1.97. The van der Waals surface area contributed by atoms with E-state index in [-0.39, 0.29) is 24.5 Å². The van der Waals surface area contributed by atoms with Gasteiger partial charge in [-0.05, 0) is 45.0 Å². The zero-order valence-corrected chi connectivity index (χ0v) is 12.1. The van der Waals surface area contributed by atoms with Crippen LogP contribution >= 0.6 is 0 Å². The number of aliphatic hydroxyl groups is 1. The number of esters is 1. The molecule has 1 aliphatic rings. The SMILES string of the molecule is COC(=O)C1CCN([C@H](C)c2cccc(CO)n2)CC1. The van der Waals surface area contributed by atoms with E-state index in [1.165, 1.54) is 7.11 Å². The number of likely N-dealkylation sites (tertiary alicyclic amines) is 1. The lowest BCUT2D eigenvalue weighted by Gasteiger charge is -2.34. The highest BCUT2D eigenvalue weighted by Crippen LogP contribution is 2.26. The summed E-state index contributed by atoms with van der Waals surface area (Å²) in [6.07, 6.45) is 1.66. The highest BCUT2D eigenvalue weighted by Gasteiger charge is 2.28. The maximum absolute atomic E-state index is 11.5. The van der Waals surface area contributed by atoms with Gasteiger partial charge in [0.05, 0.1) is 31.0 Å². The van der Waals surface area contributed by atoms with Gasteiger partial charge in [-0.15, -0.1) is 0 Å². The molecule has 0 radical (unpaired) electrons. The molecule has 5 heteroatoms. The van der Waals surface area contributed by atoms with Gasteiger partial charge in [-0.25, -0.2) is 0 Å². The molecule has 0 unspecified atom stereocenters. The fourth-order valence-corrected chi connectivity index (χ4v) is 2.70. The van der Waals surface area contributed by atoms with E-state index >= 15 is 0 Å². The van der Waals surface area contributed by atoms with Crippen LogP contribution in [0.15, 0.2) is 18.2 Å². The Morgan fingerprint density at radius 1 is 1.50 bits per heavy atom. The van der Waals surface area contributed by atoms with Gasteiger partial charge in [-0.3, -0.25) is 14.7 Å². The fraction of sp³-hybridized carbons (Fsp3) is 0.600. The van der Waals surface area contributed by atoms with Crippen molar-refractivity contribution >= 4 is 5.97 Å². The second kappa shape index (κ2) is 6.81. The predicted octanol–water partition coefficient (Wildman–Crippen LogP) is 1.52. The van der Waals surface area contributed by atoms with E-state index < -0.39 is 0 Å². The summed E-state index contributed by atoms with van der Waals surface area (Å²) in [7, 11) is 1.45. The van der Waals surface area contributed by atoms with Crippen molar-refractivity contribution in [2.45, 2.75) is 32.4 Å². The number of piperidine rings is 1. The first kappa shape index (κ1) is 14.9. The zero-order chi connectivity index (χ0) is 14.5. The molecule has 1 N–H and O–H groups in total. The van der Waals surface area contributed by atoms with Crippen molar-refractivity contribution in [1.29, 1.82) is 0 Å². The van der Waals surface area contributed by atoms with Gasteiger partial charge >= 0.3 is 5.97 Å². The molecule has 1 aromatic heterocycles. The third kappa shape index (κ3) is 3.35. The number of pyridine rings is 1. The smallest absolute Gasteiger partial charge is 0.308 e. The van der Waals surface area contributed by atoms with E-state index in [4.69, 9.17) is 9.84 Å². The van der Waals surface area contributed by atoms with E-state index in [9.17, 15) is 4.79 Å². The molecule has 20 heavy (non-hydrogen) atoms. The van der Waals surface area contributed by atoms with Gasteiger partial charge in [0, 0.05) is 6.04 Å². The summed E-state index contributed by atoms with van der Waals surface area (Å²) in [6.45, 7) is 3.81. The number of rotatable bonds is 4. The van der Waals surface area contributed by atoms with Gasteiger partial charge in [0.15, 0.2) is 0 Å². The molecule has 1 fully saturated rings. The Hall–Kier alpha value is -1.46. The average molecular weight is 278 g/mol. The number of aromatic nitrogens is 1. The molecule has 2 rings (SSSR count). The van der Waals surface area contributed by atoms with Gasteiger partial charge in [-0.2, -0.15) is 0 Å². The van der Waals surface area contributed by atoms with E-state index in [1.54, 1.807) is 0 Å². The predicted molar refractivity (Wildman–Crippen MR) is 74.9 cm³/mol. The van der Waals surface area contributed by atoms with Crippen molar-refractivity contribution in [3.05, 3.63) is 29.6 Å². The summed E-state index contributed by atoms with van der Waals surface area (Å²) in [5, 5.41) is 9.15. The monoisotopic (exact) mass is 278 g/mol.